The molecule has 4 heteroatoms. The minimum Gasteiger partial charge on any atom is -0.391 e. The van der Waals surface area contributed by atoms with Gasteiger partial charge in [0.15, 0.2) is 0 Å². The van der Waals surface area contributed by atoms with Gasteiger partial charge in [-0.2, -0.15) is 0 Å². The normalized spacial score (nSPS) is 13.1. The summed E-state index contributed by atoms with van der Waals surface area (Å²) in [7, 11) is 1.97. The van der Waals surface area contributed by atoms with E-state index >= 15 is 0 Å². The molecular formula is C11H15BrClNO. The molecule has 0 aliphatic carbocycles. The fourth-order valence-corrected chi connectivity index (χ4v) is 1.74. The molecule has 0 bridgehead atoms. The molecule has 1 aromatic carbocycles. The molecule has 1 atom stereocenters. The summed E-state index contributed by atoms with van der Waals surface area (Å²) in [4.78, 5) is 2.05. The first-order valence-corrected chi connectivity index (χ1v) is 6.11. The fourth-order valence-electron chi connectivity index (χ4n) is 1.37. The maximum absolute atomic E-state index is 9.37. The van der Waals surface area contributed by atoms with Gasteiger partial charge in [-0.15, -0.1) is 11.6 Å². The maximum Gasteiger partial charge on any atom is 0.0802 e. The molecule has 1 aromatic rings. The molecule has 0 aliphatic heterocycles. The Morgan fingerprint density at radius 1 is 1.40 bits per heavy atom. The van der Waals surface area contributed by atoms with Gasteiger partial charge in [0.05, 0.1) is 6.10 Å². The lowest BCUT2D eigenvalue weighted by atomic mass is 10.2. The van der Waals surface area contributed by atoms with Crippen LogP contribution in [0, 0.1) is 0 Å². The van der Waals surface area contributed by atoms with Gasteiger partial charge in [-0.3, -0.25) is 4.90 Å². The first-order valence-electron chi connectivity index (χ1n) is 4.79. The molecule has 84 valence electrons. The molecule has 0 radical (unpaired) electrons. The van der Waals surface area contributed by atoms with Crippen LogP contribution in [0.3, 0.4) is 0 Å². The lowest BCUT2D eigenvalue weighted by Gasteiger charge is -2.19. The first-order chi connectivity index (χ1) is 7.11. The predicted octanol–water partition coefficient (Wildman–Crippen LogP) is 2.48. The monoisotopic (exact) mass is 291 g/mol. The van der Waals surface area contributed by atoms with Crippen molar-refractivity contribution in [1.29, 1.82) is 0 Å². The summed E-state index contributed by atoms with van der Waals surface area (Å²) in [5, 5.41) is 9.37. The molecule has 1 N–H and O–H groups in total. The molecule has 0 aromatic heterocycles. The summed E-state index contributed by atoms with van der Waals surface area (Å²) >= 11 is 8.93. The summed E-state index contributed by atoms with van der Waals surface area (Å²) in [6.45, 7) is 1.42. The molecule has 2 nitrogen and oxygen atoms in total. The van der Waals surface area contributed by atoms with Crippen LogP contribution in [0.25, 0.3) is 0 Å². The number of alkyl halides is 1. The van der Waals surface area contributed by atoms with Crippen molar-refractivity contribution in [3.8, 4) is 0 Å². The van der Waals surface area contributed by atoms with Crippen molar-refractivity contribution in [1.82, 2.24) is 4.90 Å². The van der Waals surface area contributed by atoms with Crippen LogP contribution in [0.1, 0.15) is 5.56 Å². The zero-order chi connectivity index (χ0) is 11.3. The van der Waals surface area contributed by atoms with Crippen LogP contribution in [0.4, 0.5) is 0 Å². The van der Waals surface area contributed by atoms with Crippen molar-refractivity contribution in [3.63, 3.8) is 0 Å². The highest BCUT2D eigenvalue weighted by Crippen LogP contribution is 2.11. The van der Waals surface area contributed by atoms with E-state index in [1.54, 1.807) is 0 Å². The Bertz CT molecular complexity index is 291. The van der Waals surface area contributed by atoms with Crippen molar-refractivity contribution in [2.24, 2.45) is 0 Å². The van der Waals surface area contributed by atoms with E-state index in [-0.39, 0.29) is 5.88 Å². The van der Waals surface area contributed by atoms with Crippen LogP contribution >= 0.6 is 27.5 Å². The minimum atomic E-state index is -0.452. The molecular weight excluding hydrogens is 277 g/mol. The molecule has 0 heterocycles. The van der Waals surface area contributed by atoms with E-state index in [1.165, 1.54) is 5.56 Å². The van der Waals surface area contributed by atoms with E-state index in [0.29, 0.717) is 6.54 Å². The highest BCUT2D eigenvalue weighted by molar-refractivity contribution is 9.10. The van der Waals surface area contributed by atoms with Crippen LogP contribution in [-0.4, -0.2) is 35.6 Å². The van der Waals surface area contributed by atoms with Gasteiger partial charge in [-0.25, -0.2) is 0 Å². The first kappa shape index (κ1) is 13.0. The zero-order valence-corrected chi connectivity index (χ0v) is 11.0. The van der Waals surface area contributed by atoms with Gasteiger partial charge in [0.25, 0.3) is 0 Å². The number of benzene rings is 1. The highest BCUT2D eigenvalue weighted by Gasteiger charge is 2.06. The van der Waals surface area contributed by atoms with E-state index in [9.17, 15) is 5.11 Å². The third kappa shape index (κ3) is 4.98. The van der Waals surface area contributed by atoms with Gasteiger partial charge in [-0.1, -0.05) is 28.1 Å². The number of aliphatic hydroxyl groups excluding tert-OH is 1. The van der Waals surface area contributed by atoms with Crippen LogP contribution in [0.5, 0.6) is 0 Å². The maximum atomic E-state index is 9.37. The minimum absolute atomic E-state index is 0.282. The van der Waals surface area contributed by atoms with Gasteiger partial charge in [0.2, 0.25) is 0 Å². The Morgan fingerprint density at radius 2 is 2.00 bits per heavy atom. The molecule has 1 rings (SSSR count). The van der Waals surface area contributed by atoms with Crippen molar-refractivity contribution in [2.45, 2.75) is 12.6 Å². The van der Waals surface area contributed by atoms with Gasteiger partial charge >= 0.3 is 0 Å². The number of aliphatic hydroxyl groups is 1. The molecule has 0 amide bonds. The molecule has 15 heavy (non-hydrogen) atoms. The number of hydrogen-bond acceptors (Lipinski definition) is 2. The van der Waals surface area contributed by atoms with Crippen molar-refractivity contribution >= 4 is 27.5 Å². The Labute approximate surface area is 104 Å². The molecule has 0 fully saturated rings. The number of likely N-dealkylation sites (N-methyl/N-ethyl adjacent to an activating group) is 1. The van der Waals surface area contributed by atoms with Gasteiger partial charge in [-0.05, 0) is 24.7 Å². The molecule has 1 unspecified atom stereocenters. The third-order valence-corrected chi connectivity index (χ3v) is 2.95. The molecule has 0 spiro atoms. The van der Waals surface area contributed by atoms with E-state index in [1.807, 2.05) is 19.2 Å². The second-order valence-corrected chi connectivity index (χ2v) is 4.86. The summed E-state index contributed by atoms with van der Waals surface area (Å²) in [5.74, 6) is 0.282. The van der Waals surface area contributed by atoms with Crippen LogP contribution in [-0.2, 0) is 6.54 Å². The Balaban J connectivity index is 2.44. The van der Waals surface area contributed by atoms with Crippen LogP contribution < -0.4 is 0 Å². The van der Waals surface area contributed by atoms with Crippen molar-refractivity contribution < 1.29 is 5.11 Å². The summed E-state index contributed by atoms with van der Waals surface area (Å²) < 4.78 is 1.08. The second-order valence-electron chi connectivity index (χ2n) is 3.63. The summed E-state index contributed by atoms with van der Waals surface area (Å²) in [6.07, 6.45) is -0.452. The van der Waals surface area contributed by atoms with Crippen molar-refractivity contribution in [3.05, 3.63) is 34.3 Å². The number of nitrogens with zero attached hydrogens (tertiary/aromatic N) is 1. The fraction of sp³-hybridized carbons (Fsp3) is 0.455. The lowest BCUT2D eigenvalue weighted by molar-refractivity contribution is 0.141. The third-order valence-electron chi connectivity index (χ3n) is 2.07. The second kappa shape index (κ2) is 6.48. The Kier molecular flexibility index (Phi) is 5.61. The Hall–Kier alpha value is -0.0900. The van der Waals surface area contributed by atoms with Gasteiger partial charge in [0.1, 0.15) is 0 Å². The SMILES string of the molecule is CN(Cc1ccc(Br)cc1)CC(O)CCl. The standard InChI is InChI=1S/C11H15BrClNO/c1-14(8-11(15)6-13)7-9-2-4-10(12)5-3-9/h2-5,11,15H,6-8H2,1H3. The van der Waals surface area contributed by atoms with Crippen LogP contribution in [0.2, 0.25) is 0 Å². The topological polar surface area (TPSA) is 23.5 Å². The van der Waals surface area contributed by atoms with E-state index in [4.69, 9.17) is 11.6 Å². The quantitative estimate of drug-likeness (QED) is 0.843. The number of halogens is 2. The number of hydrogen-bond donors (Lipinski definition) is 1. The molecule has 0 saturated heterocycles. The zero-order valence-electron chi connectivity index (χ0n) is 8.66. The molecule has 0 aliphatic rings. The Morgan fingerprint density at radius 3 is 2.53 bits per heavy atom. The smallest absolute Gasteiger partial charge is 0.0802 e. The highest BCUT2D eigenvalue weighted by atomic mass is 79.9. The number of rotatable bonds is 5. The van der Waals surface area contributed by atoms with E-state index < -0.39 is 6.10 Å². The largest absolute Gasteiger partial charge is 0.391 e. The lowest BCUT2D eigenvalue weighted by Crippen LogP contribution is -2.29. The molecule has 0 saturated carbocycles. The predicted molar refractivity (Wildman–Crippen MR) is 67.2 cm³/mol. The average Bonchev–Trinajstić information content (AvgIpc) is 2.21. The van der Waals surface area contributed by atoms with E-state index in [2.05, 4.69) is 33.0 Å². The van der Waals surface area contributed by atoms with Gasteiger partial charge in [0, 0.05) is 23.4 Å². The average molecular weight is 293 g/mol. The van der Waals surface area contributed by atoms with Crippen LogP contribution in [0.15, 0.2) is 28.7 Å². The van der Waals surface area contributed by atoms with Crippen molar-refractivity contribution in [2.75, 3.05) is 19.5 Å². The summed E-state index contributed by atoms with van der Waals surface area (Å²) in [6, 6.07) is 8.16. The van der Waals surface area contributed by atoms with E-state index in [0.717, 1.165) is 11.0 Å². The summed E-state index contributed by atoms with van der Waals surface area (Å²) in [5.41, 5.74) is 1.22. The van der Waals surface area contributed by atoms with Gasteiger partial charge < -0.3 is 5.11 Å².